The number of hydrogen-bond acceptors (Lipinski definition) is 4. The minimum atomic E-state index is -2.82. The van der Waals surface area contributed by atoms with E-state index < -0.39 is 6.61 Å². The summed E-state index contributed by atoms with van der Waals surface area (Å²) in [6.07, 6.45) is 0. The van der Waals surface area contributed by atoms with Crippen molar-refractivity contribution in [3.05, 3.63) is 70.5 Å². The van der Waals surface area contributed by atoms with E-state index in [1.54, 1.807) is 28.9 Å². The van der Waals surface area contributed by atoms with E-state index in [0.29, 0.717) is 18.0 Å². The molecule has 150 valence electrons. The molecule has 0 aliphatic carbocycles. The fourth-order valence-electron chi connectivity index (χ4n) is 3.48. The summed E-state index contributed by atoms with van der Waals surface area (Å²) >= 11 is 5.69. The number of para-hydroxylation sites is 1. The lowest BCUT2D eigenvalue weighted by Crippen LogP contribution is -2.22. The smallest absolute Gasteiger partial charge is 0.387 e. The molecule has 0 bridgehead atoms. The summed E-state index contributed by atoms with van der Waals surface area (Å²) in [6, 6.07) is 16.8. The highest BCUT2D eigenvalue weighted by Gasteiger charge is 2.11. The maximum atomic E-state index is 12.3. The molecule has 0 radical (unpaired) electrons. The van der Waals surface area contributed by atoms with Crippen molar-refractivity contribution in [3.63, 3.8) is 0 Å². The van der Waals surface area contributed by atoms with Crippen LogP contribution in [0.3, 0.4) is 0 Å². The number of aryl methyl sites for hydroxylation is 1. The first-order valence-corrected chi connectivity index (χ1v) is 9.53. The standard InChI is InChI=1S/C21H20F2N4OS/c1-14-11-19-24-26(21(29)27(19)18-6-4-3-5-17(14)18)13-25(2)12-15-7-9-16(10-8-15)28-20(22)23/h3-11,20H,12-13H2,1-2H3. The first-order valence-electron chi connectivity index (χ1n) is 9.12. The molecule has 0 fully saturated rings. The number of aromatic nitrogens is 3. The summed E-state index contributed by atoms with van der Waals surface area (Å²) in [5, 5.41) is 5.83. The van der Waals surface area contributed by atoms with Gasteiger partial charge in [0.2, 0.25) is 4.77 Å². The van der Waals surface area contributed by atoms with Crippen LogP contribution in [0.25, 0.3) is 16.6 Å². The third kappa shape index (κ3) is 3.99. The van der Waals surface area contributed by atoms with E-state index in [1.807, 2.05) is 35.7 Å². The maximum Gasteiger partial charge on any atom is 0.387 e. The molecule has 0 saturated heterocycles. The van der Waals surface area contributed by atoms with Crippen LogP contribution in [0.1, 0.15) is 11.1 Å². The number of rotatable bonds is 6. The lowest BCUT2D eigenvalue weighted by molar-refractivity contribution is -0.0498. The second kappa shape index (κ2) is 7.88. The van der Waals surface area contributed by atoms with Crippen LogP contribution in [0.2, 0.25) is 0 Å². The normalized spacial score (nSPS) is 11.8. The topological polar surface area (TPSA) is 34.7 Å². The van der Waals surface area contributed by atoms with Crippen molar-refractivity contribution < 1.29 is 13.5 Å². The van der Waals surface area contributed by atoms with Gasteiger partial charge in [0.1, 0.15) is 5.75 Å². The van der Waals surface area contributed by atoms with Crippen molar-refractivity contribution >= 4 is 28.8 Å². The second-order valence-electron chi connectivity index (χ2n) is 7.00. The molecule has 0 amide bonds. The van der Waals surface area contributed by atoms with Crippen molar-refractivity contribution in [1.82, 2.24) is 19.1 Å². The summed E-state index contributed by atoms with van der Waals surface area (Å²) < 4.78 is 33.3. The minimum Gasteiger partial charge on any atom is -0.435 e. The molecule has 2 heterocycles. The van der Waals surface area contributed by atoms with Gasteiger partial charge in [-0.1, -0.05) is 30.3 Å². The molecule has 8 heteroatoms. The number of alkyl halides is 2. The number of fused-ring (bicyclic) bond motifs is 3. The molecule has 0 saturated carbocycles. The van der Waals surface area contributed by atoms with Gasteiger partial charge in [0.15, 0.2) is 5.65 Å². The molecule has 0 spiro atoms. The highest BCUT2D eigenvalue weighted by Crippen LogP contribution is 2.21. The average Bonchev–Trinajstić information content (AvgIpc) is 2.98. The van der Waals surface area contributed by atoms with Crippen LogP contribution in [0.15, 0.2) is 54.6 Å². The maximum absolute atomic E-state index is 12.3. The third-order valence-electron chi connectivity index (χ3n) is 4.76. The number of nitrogens with zero attached hydrogens (tertiary/aromatic N) is 4. The summed E-state index contributed by atoms with van der Waals surface area (Å²) in [7, 11) is 1.96. The lowest BCUT2D eigenvalue weighted by atomic mass is 10.1. The van der Waals surface area contributed by atoms with Crippen molar-refractivity contribution in [2.45, 2.75) is 26.7 Å². The number of ether oxygens (including phenoxy) is 1. The van der Waals surface area contributed by atoms with E-state index in [9.17, 15) is 8.78 Å². The fraction of sp³-hybridized carbons (Fsp3) is 0.238. The quantitative estimate of drug-likeness (QED) is 0.415. The Kier molecular flexibility index (Phi) is 5.29. The Morgan fingerprint density at radius 1 is 1.14 bits per heavy atom. The van der Waals surface area contributed by atoms with Gasteiger partial charge in [-0.2, -0.15) is 13.9 Å². The zero-order chi connectivity index (χ0) is 20.5. The first-order chi connectivity index (χ1) is 13.9. The van der Waals surface area contributed by atoms with Gasteiger partial charge in [0, 0.05) is 11.9 Å². The van der Waals surface area contributed by atoms with Gasteiger partial charge < -0.3 is 4.74 Å². The first kappa shape index (κ1) is 19.5. The molecular weight excluding hydrogens is 394 g/mol. The average molecular weight is 414 g/mol. The van der Waals surface area contributed by atoms with E-state index in [2.05, 4.69) is 27.7 Å². The van der Waals surface area contributed by atoms with Gasteiger partial charge >= 0.3 is 6.61 Å². The fourth-order valence-corrected chi connectivity index (χ4v) is 3.77. The van der Waals surface area contributed by atoms with Crippen LogP contribution in [0, 0.1) is 11.7 Å². The van der Waals surface area contributed by atoms with Gasteiger partial charge in [-0.15, -0.1) is 0 Å². The molecule has 0 atom stereocenters. The van der Waals surface area contributed by atoms with Crippen LogP contribution < -0.4 is 4.74 Å². The van der Waals surface area contributed by atoms with Gasteiger partial charge in [-0.3, -0.25) is 9.30 Å². The number of hydrogen-bond donors (Lipinski definition) is 0. The minimum absolute atomic E-state index is 0.149. The van der Waals surface area contributed by atoms with Crippen LogP contribution in [0.5, 0.6) is 5.75 Å². The van der Waals surface area contributed by atoms with Crippen LogP contribution in [0.4, 0.5) is 8.78 Å². The molecule has 2 aromatic carbocycles. The third-order valence-corrected chi connectivity index (χ3v) is 5.15. The van der Waals surface area contributed by atoms with E-state index >= 15 is 0 Å². The second-order valence-corrected chi connectivity index (χ2v) is 7.36. The zero-order valence-corrected chi connectivity index (χ0v) is 16.9. The number of benzene rings is 2. The van der Waals surface area contributed by atoms with Crippen LogP contribution in [-0.4, -0.2) is 32.7 Å². The van der Waals surface area contributed by atoms with E-state index in [4.69, 9.17) is 12.2 Å². The predicted octanol–water partition coefficient (Wildman–Crippen LogP) is 5.02. The Hall–Kier alpha value is -2.84. The molecule has 29 heavy (non-hydrogen) atoms. The van der Waals surface area contributed by atoms with Crippen molar-refractivity contribution in [2.24, 2.45) is 0 Å². The Bertz CT molecular complexity index is 1220. The van der Waals surface area contributed by atoms with Gasteiger partial charge in [0.05, 0.1) is 12.2 Å². The monoisotopic (exact) mass is 414 g/mol. The Balaban J connectivity index is 1.57. The highest BCUT2D eigenvalue weighted by molar-refractivity contribution is 7.71. The van der Waals surface area contributed by atoms with Crippen molar-refractivity contribution in [1.29, 1.82) is 0 Å². The molecule has 2 aromatic heterocycles. The molecule has 5 nitrogen and oxygen atoms in total. The molecule has 4 rings (SSSR count). The van der Waals surface area contributed by atoms with Crippen molar-refractivity contribution in [2.75, 3.05) is 7.05 Å². The highest BCUT2D eigenvalue weighted by atomic mass is 32.1. The Morgan fingerprint density at radius 2 is 1.86 bits per heavy atom. The summed E-state index contributed by atoms with van der Waals surface area (Å²) in [5.74, 6) is 0.149. The number of pyridine rings is 1. The van der Waals surface area contributed by atoms with Gasteiger partial charge in [-0.25, -0.2) is 4.68 Å². The summed E-state index contributed by atoms with van der Waals surface area (Å²) in [4.78, 5) is 2.06. The van der Waals surface area contributed by atoms with E-state index in [1.165, 1.54) is 0 Å². The molecule has 0 aliphatic rings. The predicted molar refractivity (Wildman–Crippen MR) is 111 cm³/mol. The lowest BCUT2D eigenvalue weighted by Gasteiger charge is -2.16. The molecule has 0 N–H and O–H groups in total. The number of halogens is 2. The molecule has 0 aliphatic heterocycles. The Morgan fingerprint density at radius 3 is 2.59 bits per heavy atom. The molecule has 0 unspecified atom stereocenters. The van der Waals surface area contributed by atoms with Crippen LogP contribution >= 0.6 is 12.2 Å². The van der Waals surface area contributed by atoms with E-state index in [-0.39, 0.29) is 5.75 Å². The van der Waals surface area contributed by atoms with Gasteiger partial charge in [-0.05, 0) is 61.6 Å². The molecule has 4 aromatic rings. The van der Waals surface area contributed by atoms with Crippen LogP contribution in [-0.2, 0) is 13.2 Å². The summed E-state index contributed by atoms with van der Waals surface area (Å²) in [6.45, 7) is 0.367. The Labute approximate surface area is 171 Å². The largest absolute Gasteiger partial charge is 0.435 e. The zero-order valence-electron chi connectivity index (χ0n) is 16.0. The van der Waals surface area contributed by atoms with Gasteiger partial charge in [0.25, 0.3) is 0 Å². The summed E-state index contributed by atoms with van der Waals surface area (Å²) in [5.41, 5.74) is 3.98. The molecular formula is C21H20F2N4OS. The van der Waals surface area contributed by atoms with E-state index in [0.717, 1.165) is 27.7 Å². The SMILES string of the molecule is Cc1cc2nn(CN(C)Cc3ccc(OC(F)F)cc3)c(=S)n2c2ccccc12. The van der Waals surface area contributed by atoms with Crippen molar-refractivity contribution in [3.8, 4) is 5.75 Å².